The van der Waals surface area contributed by atoms with Gasteiger partial charge in [-0.2, -0.15) is 0 Å². The maximum atomic E-state index is 4.79. The molecule has 62 valence electrons. The Balaban J connectivity index is 2.71. The van der Waals surface area contributed by atoms with Gasteiger partial charge in [-0.25, -0.2) is 4.98 Å². The molecular formula is C10H11NO. The highest BCUT2D eigenvalue weighted by Crippen LogP contribution is 1.97. The third-order valence-electron chi connectivity index (χ3n) is 1.35. The van der Waals surface area contributed by atoms with E-state index < -0.39 is 0 Å². The maximum absolute atomic E-state index is 4.79. The molecule has 0 aliphatic carbocycles. The van der Waals surface area contributed by atoms with E-state index in [-0.39, 0.29) is 0 Å². The molecule has 0 unspecified atom stereocenters. The number of aromatic nitrogens is 1. The number of aryl methyl sites for hydroxylation is 1. The van der Waals surface area contributed by atoms with Crippen molar-refractivity contribution in [3.05, 3.63) is 29.6 Å². The third kappa shape index (κ3) is 2.73. The Morgan fingerprint density at radius 1 is 1.58 bits per heavy atom. The summed E-state index contributed by atoms with van der Waals surface area (Å²) in [5.41, 5.74) is 1.97. The quantitative estimate of drug-likeness (QED) is 0.581. The number of hydrogen-bond acceptors (Lipinski definition) is 2. The maximum Gasteiger partial charge on any atom is 0.113 e. The van der Waals surface area contributed by atoms with Gasteiger partial charge >= 0.3 is 0 Å². The van der Waals surface area contributed by atoms with Crippen LogP contribution in [-0.2, 0) is 4.74 Å². The largest absolute Gasteiger partial charge is 0.372 e. The molecule has 1 aromatic rings. The Morgan fingerprint density at radius 2 is 2.42 bits per heavy atom. The van der Waals surface area contributed by atoms with E-state index in [4.69, 9.17) is 4.74 Å². The van der Waals surface area contributed by atoms with Gasteiger partial charge in [-0.05, 0) is 30.5 Å². The first-order valence-corrected chi connectivity index (χ1v) is 3.73. The van der Waals surface area contributed by atoms with Gasteiger partial charge in [-0.3, -0.25) is 0 Å². The van der Waals surface area contributed by atoms with Crippen molar-refractivity contribution >= 4 is 0 Å². The van der Waals surface area contributed by atoms with Crippen molar-refractivity contribution < 1.29 is 4.74 Å². The smallest absolute Gasteiger partial charge is 0.113 e. The Bertz CT molecular complexity index is 309. The monoisotopic (exact) mass is 161 g/mol. The molecule has 0 atom stereocenters. The van der Waals surface area contributed by atoms with E-state index in [2.05, 4.69) is 16.8 Å². The van der Waals surface area contributed by atoms with Gasteiger partial charge in [0.15, 0.2) is 0 Å². The van der Waals surface area contributed by atoms with Gasteiger partial charge in [-0.15, -0.1) is 0 Å². The van der Waals surface area contributed by atoms with Gasteiger partial charge in [0.05, 0.1) is 0 Å². The van der Waals surface area contributed by atoms with E-state index in [0.29, 0.717) is 6.61 Å². The predicted molar refractivity (Wildman–Crippen MR) is 47.7 cm³/mol. The number of methoxy groups -OCH3 is 1. The fraction of sp³-hybridized carbons (Fsp3) is 0.300. The normalized spacial score (nSPS) is 8.83. The number of ether oxygens (including phenoxy) is 1. The molecule has 0 amide bonds. The SMILES string of the molecule is COCC#Cc1cc(C)ccn1. The fourth-order valence-electron chi connectivity index (χ4n) is 0.803. The number of rotatable bonds is 1. The van der Waals surface area contributed by atoms with Crippen LogP contribution in [0.25, 0.3) is 0 Å². The Morgan fingerprint density at radius 3 is 3.08 bits per heavy atom. The first-order chi connectivity index (χ1) is 5.83. The van der Waals surface area contributed by atoms with Crippen molar-refractivity contribution in [3.63, 3.8) is 0 Å². The van der Waals surface area contributed by atoms with Crippen LogP contribution in [0.5, 0.6) is 0 Å². The molecule has 0 saturated carbocycles. The van der Waals surface area contributed by atoms with Crippen LogP contribution in [0.15, 0.2) is 18.3 Å². The zero-order valence-electron chi connectivity index (χ0n) is 7.29. The molecule has 0 aliphatic heterocycles. The van der Waals surface area contributed by atoms with Crippen LogP contribution >= 0.6 is 0 Å². The fourth-order valence-corrected chi connectivity index (χ4v) is 0.803. The lowest BCUT2D eigenvalue weighted by Gasteiger charge is -1.91. The molecule has 2 nitrogen and oxygen atoms in total. The van der Waals surface area contributed by atoms with E-state index in [1.54, 1.807) is 13.3 Å². The standard InChI is InChI=1S/C10H11NO/c1-9-5-6-11-10(8-9)4-3-7-12-2/h5-6,8H,7H2,1-2H3. The van der Waals surface area contributed by atoms with E-state index in [0.717, 1.165) is 5.69 Å². The second-order valence-electron chi connectivity index (χ2n) is 2.45. The van der Waals surface area contributed by atoms with Gasteiger partial charge in [0, 0.05) is 13.3 Å². The molecule has 0 radical (unpaired) electrons. The summed E-state index contributed by atoms with van der Waals surface area (Å²) in [5, 5.41) is 0. The summed E-state index contributed by atoms with van der Waals surface area (Å²) >= 11 is 0. The molecule has 0 fully saturated rings. The highest BCUT2D eigenvalue weighted by atomic mass is 16.5. The molecule has 0 aromatic carbocycles. The van der Waals surface area contributed by atoms with Gasteiger partial charge in [0.2, 0.25) is 0 Å². The van der Waals surface area contributed by atoms with Gasteiger partial charge in [-0.1, -0.05) is 5.92 Å². The summed E-state index contributed by atoms with van der Waals surface area (Å²) in [7, 11) is 1.62. The number of hydrogen-bond donors (Lipinski definition) is 0. The van der Waals surface area contributed by atoms with Gasteiger partial charge in [0.25, 0.3) is 0 Å². The van der Waals surface area contributed by atoms with E-state index in [1.165, 1.54) is 5.56 Å². The predicted octanol–water partition coefficient (Wildman–Crippen LogP) is 1.39. The van der Waals surface area contributed by atoms with Crippen LogP contribution in [0.1, 0.15) is 11.3 Å². The lowest BCUT2D eigenvalue weighted by Crippen LogP contribution is -1.85. The first kappa shape index (κ1) is 8.76. The van der Waals surface area contributed by atoms with E-state index in [9.17, 15) is 0 Å². The van der Waals surface area contributed by atoms with Crippen molar-refractivity contribution in [3.8, 4) is 11.8 Å². The molecule has 0 N–H and O–H groups in total. The van der Waals surface area contributed by atoms with Crippen molar-refractivity contribution in [1.29, 1.82) is 0 Å². The molecule has 12 heavy (non-hydrogen) atoms. The minimum absolute atomic E-state index is 0.454. The molecule has 1 rings (SSSR count). The molecule has 0 bridgehead atoms. The molecule has 2 heteroatoms. The van der Waals surface area contributed by atoms with Gasteiger partial charge < -0.3 is 4.74 Å². The second kappa shape index (κ2) is 4.53. The first-order valence-electron chi connectivity index (χ1n) is 3.73. The molecule has 1 aromatic heterocycles. The highest BCUT2D eigenvalue weighted by Gasteiger charge is 1.86. The van der Waals surface area contributed by atoms with Crippen molar-refractivity contribution in [2.75, 3.05) is 13.7 Å². The lowest BCUT2D eigenvalue weighted by molar-refractivity contribution is 0.240. The van der Waals surface area contributed by atoms with E-state index in [1.807, 2.05) is 19.1 Å². The Kier molecular flexibility index (Phi) is 3.31. The van der Waals surface area contributed by atoms with Crippen molar-refractivity contribution in [2.24, 2.45) is 0 Å². The second-order valence-corrected chi connectivity index (χ2v) is 2.45. The average molecular weight is 161 g/mol. The summed E-state index contributed by atoms with van der Waals surface area (Å²) < 4.78 is 4.79. The van der Waals surface area contributed by atoms with Crippen LogP contribution in [0, 0.1) is 18.8 Å². The Hall–Kier alpha value is -1.33. The van der Waals surface area contributed by atoms with Crippen LogP contribution in [0.3, 0.4) is 0 Å². The minimum Gasteiger partial charge on any atom is -0.372 e. The van der Waals surface area contributed by atoms with Crippen LogP contribution in [-0.4, -0.2) is 18.7 Å². The third-order valence-corrected chi connectivity index (χ3v) is 1.35. The van der Waals surface area contributed by atoms with Gasteiger partial charge in [0.1, 0.15) is 12.3 Å². The van der Waals surface area contributed by atoms with Crippen molar-refractivity contribution in [1.82, 2.24) is 4.98 Å². The molecule has 0 spiro atoms. The molecule has 0 aliphatic rings. The topological polar surface area (TPSA) is 22.1 Å². The number of pyridine rings is 1. The summed E-state index contributed by atoms with van der Waals surface area (Å²) in [6, 6.07) is 3.89. The average Bonchev–Trinajstić information content (AvgIpc) is 2.05. The van der Waals surface area contributed by atoms with E-state index >= 15 is 0 Å². The molecular weight excluding hydrogens is 150 g/mol. The van der Waals surface area contributed by atoms with Crippen molar-refractivity contribution in [2.45, 2.75) is 6.92 Å². The van der Waals surface area contributed by atoms with Crippen LogP contribution in [0.4, 0.5) is 0 Å². The minimum atomic E-state index is 0.454. The molecule has 0 saturated heterocycles. The zero-order chi connectivity index (χ0) is 8.81. The summed E-state index contributed by atoms with van der Waals surface area (Å²) in [6.45, 7) is 2.47. The highest BCUT2D eigenvalue weighted by molar-refractivity contribution is 5.30. The van der Waals surface area contributed by atoms with Crippen LogP contribution in [0.2, 0.25) is 0 Å². The lowest BCUT2D eigenvalue weighted by atomic mass is 10.2. The zero-order valence-corrected chi connectivity index (χ0v) is 7.29. The number of nitrogens with zero attached hydrogens (tertiary/aromatic N) is 1. The summed E-state index contributed by atoms with van der Waals surface area (Å²) in [6.07, 6.45) is 1.76. The summed E-state index contributed by atoms with van der Waals surface area (Å²) in [5.74, 6) is 5.74. The van der Waals surface area contributed by atoms with Crippen LogP contribution < -0.4 is 0 Å². The Labute approximate surface area is 72.6 Å². The molecule has 1 heterocycles. The summed E-state index contributed by atoms with van der Waals surface area (Å²) in [4.78, 5) is 4.08.